The van der Waals surface area contributed by atoms with Crippen LogP contribution in [0.1, 0.15) is 5.69 Å². The van der Waals surface area contributed by atoms with Crippen LogP contribution in [-0.4, -0.2) is 14.0 Å². The quantitative estimate of drug-likeness (QED) is 0.540. The number of hydrogen-bond donors (Lipinski definition) is 2. The lowest BCUT2D eigenvalue weighted by atomic mass is 10.3. The van der Waals surface area contributed by atoms with Gasteiger partial charge in [0.05, 0.1) is 11.1 Å². The van der Waals surface area contributed by atoms with E-state index in [1.807, 2.05) is 0 Å². The molecule has 0 radical (unpaired) electrons. The molecule has 0 aromatic carbocycles. The lowest BCUT2D eigenvalue weighted by Crippen LogP contribution is -2.40. The number of rotatable bonds is 0. The standard InChI is InChI=1S/C6H6N4O2S/c1-2-3-4(13-9-2)8-6(12)10(7)5(3)11/h7H2,1H3,(H,8,12). The Balaban J connectivity index is 3.16. The molecule has 7 heteroatoms. The van der Waals surface area contributed by atoms with Crippen LogP contribution in [0.4, 0.5) is 0 Å². The van der Waals surface area contributed by atoms with E-state index in [0.717, 1.165) is 11.5 Å². The first-order valence-electron chi connectivity index (χ1n) is 3.47. The van der Waals surface area contributed by atoms with Crippen LogP contribution in [0.25, 0.3) is 10.2 Å². The first kappa shape index (κ1) is 7.99. The average Bonchev–Trinajstić information content (AvgIpc) is 2.43. The van der Waals surface area contributed by atoms with Gasteiger partial charge < -0.3 is 5.84 Å². The molecule has 0 amide bonds. The molecule has 0 aliphatic carbocycles. The van der Waals surface area contributed by atoms with Crippen molar-refractivity contribution in [3.8, 4) is 0 Å². The van der Waals surface area contributed by atoms with Gasteiger partial charge in [-0.3, -0.25) is 9.78 Å². The highest BCUT2D eigenvalue weighted by Crippen LogP contribution is 2.13. The smallest absolute Gasteiger partial charge is 0.332 e. The van der Waals surface area contributed by atoms with E-state index in [4.69, 9.17) is 5.84 Å². The third kappa shape index (κ3) is 0.970. The summed E-state index contributed by atoms with van der Waals surface area (Å²) in [6, 6.07) is 0. The van der Waals surface area contributed by atoms with E-state index < -0.39 is 11.2 Å². The van der Waals surface area contributed by atoms with E-state index in [0.29, 0.717) is 20.6 Å². The number of hydrogen-bond acceptors (Lipinski definition) is 5. The number of fused-ring (bicyclic) bond motifs is 1. The zero-order valence-corrected chi connectivity index (χ0v) is 7.51. The van der Waals surface area contributed by atoms with Crippen molar-refractivity contribution in [2.45, 2.75) is 6.92 Å². The summed E-state index contributed by atoms with van der Waals surface area (Å²) in [5.41, 5.74) is -0.549. The minimum atomic E-state index is -0.624. The van der Waals surface area contributed by atoms with Crippen molar-refractivity contribution in [1.82, 2.24) is 14.0 Å². The van der Waals surface area contributed by atoms with Crippen molar-refractivity contribution in [1.29, 1.82) is 0 Å². The Labute approximate surface area is 75.8 Å². The Bertz CT molecular complexity index is 578. The molecule has 6 nitrogen and oxygen atoms in total. The van der Waals surface area contributed by atoms with Crippen LogP contribution in [0.2, 0.25) is 0 Å². The number of H-pyrrole nitrogens is 1. The fourth-order valence-corrected chi connectivity index (χ4v) is 1.86. The zero-order valence-electron chi connectivity index (χ0n) is 6.70. The van der Waals surface area contributed by atoms with Crippen molar-refractivity contribution < 1.29 is 0 Å². The molecule has 0 bridgehead atoms. The topological polar surface area (TPSA) is 93.8 Å². The maximum Gasteiger partial charge on any atom is 0.348 e. The van der Waals surface area contributed by atoms with E-state index in [1.165, 1.54) is 0 Å². The van der Waals surface area contributed by atoms with Gasteiger partial charge in [0.1, 0.15) is 4.83 Å². The first-order chi connectivity index (χ1) is 6.11. The molecular weight excluding hydrogens is 192 g/mol. The Kier molecular flexibility index (Phi) is 1.49. The fourth-order valence-electron chi connectivity index (χ4n) is 1.08. The van der Waals surface area contributed by atoms with E-state index in [1.54, 1.807) is 6.92 Å². The molecule has 13 heavy (non-hydrogen) atoms. The first-order valence-corrected chi connectivity index (χ1v) is 4.25. The molecule has 68 valence electrons. The van der Waals surface area contributed by atoms with Gasteiger partial charge >= 0.3 is 5.69 Å². The van der Waals surface area contributed by atoms with Gasteiger partial charge in [-0.15, -0.1) is 0 Å². The van der Waals surface area contributed by atoms with Crippen LogP contribution < -0.4 is 17.1 Å². The highest BCUT2D eigenvalue weighted by Gasteiger charge is 2.10. The number of nitrogens with zero attached hydrogens (tertiary/aromatic N) is 2. The third-order valence-electron chi connectivity index (χ3n) is 1.73. The van der Waals surface area contributed by atoms with E-state index in [2.05, 4.69) is 9.36 Å². The van der Waals surface area contributed by atoms with Crippen LogP contribution in [0.3, 0.4) is 0 Å². The van der Waals surface area contributed by atoms with E-state index >= 15 is 0 Å². The van der Waals surface area contributed by atoms with Crippen LogP contribution in [-0.2, 0) is 0 Å². The van der Waals surface area contributed by atoms with Gasteiger partial charge in [-0.25, -0.2) is 4.79 Å². The lowest BCUT2D eigenvalue weighted by Gasteiger charge is -1.94. The van der Waals surface area contributed by atoms with Gasteiger partial charge in [0.2, 0.25) is 0 Å². The number of nitrogens with one attached hydrogen (secondary N) is 1. The van der Waals surface area contributed by atoms with Crippen molar-refractivity contribution in [2.75, 3.05) is 5.84 Å². The van der Waals surface area contributed by atoms with Gasteiger partial charge in [0, 0.05) is 0 Å². The maximum atomic E-state index is 11.4. The van der Waals surface area contributed by atoms with Crippen molar-refractivity contribution in [3.05, 3.63) is 26.5 Å². The predicted molar refractivity (Wildman–Crippen MR) is 49.4 cm³/mol. The van der Waals surface area contributed by atoms with Crippen molar-refractivity contribution in [3.63, 3.8) is 0 Å². The summed E-state index contributed by atoms with van der Waals surface area (Å²) < 4.78 is 4.49. The molecule has 2 heterocycles. The van der Waals surface area contributed by atoms with Gasteiger partial charge in [-0.05, 0) is 18.5 Å². The van der Waals surface area contributed by atoms with Gasteiger partial charge in [-0.2, -0.15) is 9.05 Å². The Morgan fingerprint density at radius 3 is 2.92 bits per heavy atom. The Morgan fingerprint density at radius 2 is 2.23 bits per heavy atom. The number of aromatic nitrogens is 3. The van der Waals surface area contributed by atoms with Crippen molar-refractivity contribution in [2.24, 2.45) is 0 Å². The summed E-state index contributed by atoms with van der Waals surface area (Å²) in [4.78, 5) is 25.4. The summed E-state index contributed by atoms with van der Waals surface area (Å²) in [6.45, 7) is 1.69. The Hall–Kier alpha value is -1.63. The zero-order chi connectivity index (χ0) is 9.59. The third-order valence-corrected chi connectivity index (χ3v) is 2.59. The van der Waals surface area contributed by atoms with Gasteiger partial charge in [0.25, 0.3) is 5.56 Å². The summed E-state index contributed by atoms with van der Waals surface area (Å²) in [5.74, 6) is 5.21. The van der Waals surface area contributed by atoms with Gasteiger partial charge in [-0.1, -0.05) is 0 Å². The molecule has 0 aliphatic heterocycles. The van der Waals surface area contributed by atoms with Crippen LogP contribution in [0.15, 0.2) is 9.59 Å². The van der Waals surface area contributed by atoms with Gasteiger partial charge in [0.15, 0.2) is 0 Å². The maximum absolute atomic E-state index is 11.4. The summed E-state index contributed by atoms with van der Waals surface area (Å²) in [5, 5.41) is 0.382. The second-order valence-electron chi connectivity index (χ2n) is 2.58. The molecule has 2 rings (SSSR count). The molecule has 0 fully saturated rings. The van der Waals surface area contributed by atoms with Crippen LogP contribution in [0, 0.1) is 6.92 Å². The normalized spacial score (nSPS) is 10.8. The molecule has 0 aliphatic rings. The molecule has 0 spiro atoms. The highest BCUT2D eigenvalue weighted by molar-refractivity contribution is 7.12. The molecular formula is C6H6N4O2S. The van der Waals surface area contributed by atoms with Crippen molar-refractivity contribution >= 4 is 21.7 Å². The van der Waals surface area contributed by atoms with Crippen LogP contribution in [0.5, 0.6) is 0 Å². The Morgan fingerprint density at radius 1 is 1.54 bits per heavy atom. The minimum absolute atomic E-state index is 0.382. The lowest BCUT2D eigenvalue weighted by molar-refractivity contribution is 0.857. The summed E-state index contributed by atoms with van der Waals surface area (Å²) in [6.07, 6.45) is 0. The number of nitrogen functional groups attached to an aromatic ring is 1. The molecule has 0 saturated carbocycles. The summed E-state index contributed by atoms with van der Waals surface area (Å²) in [7, 11) is 0. The fraction of sp³-hybridized carbons (Fsp3) is 0.167. The summed E-state index contributed by atoms with van der Waals surface area (Å²) >= 11 is 1.08. The molecule has 0 unspecified atom stereocenters. The molecule has 0 saturated heterocycles. The average molecular weight is 198 g/mol. The molecule has 2 aromatic heterocycles. The SMILES string of the molecule is Cc1nsc2[nH]c(=O)n(N)c(=O)c12. The minimum Gasteiger partial charge on any atom is -0.332 e. The molecule has 0 atom stereocenters. The number of aryl methyl sites for hydroxylation is 1. The second-order valence-corrected chi connectivity index (χ2v) is 3.35. The second kappa shape index (κ2) is 2.43. The highest BCUT2D eigenvalue weighted by atomic mass is 32.1. The van der Waals surface area contributed by atoms with E-state index in [-0.39, 0.29) is 0 Å². The predicted octanol–water partition coefficient (Wildman–Crippen LogP) is -0.831. The van der Waals surface area contributed by atoms with Crippen LogP contribution >= 0.6 is 11.5 Å². The van der Waals surface area contributed by atoms with E-state index in [9.17, 15) is 9.59 Å². The largest absolute Gasteiger partial charge is 0.348 e. The molecule has 3 N–H and O–H groups in total. The molecule has 2 aromatic rings. The number of aromatic amines is 1. The monoisotopic (exact) mass is 198 g/mol. The number of nitrogens with two attached hydrogens (primary N) is 1.